The highest BCUT2D eigenvalue weighted by Gasteiger charge is 2.25. The van der Waals surface area contributed by atoms with Gasteiger partial charge in [0, 0.05) is 44.5 Å². The summed E-state index contributed by atoms with van der Waals surface area (Å²) in [7, 11) is 0. The molecule has 0 saturated carbocycles. The molecule has 1 unspecified atom stereocenters. The predicted octanol–water partition coefficient (Wildman–Crippen LogP) is 2.42. The topological polar surface area (TPSA) is 91.2 Å². The maximum absolute atomic E-state index is 10.8. The summed E-state index contributed by atoms with van der Waals surface area (Å²) in [6.45, 7) is 9.55. The molecule has 1 aromatic heterocycles. The fourth-order valence-electron chi connectivity index (χ4n) is 3.48. The van der Waals surface area contributed by atoms with Crippen LogP contribution in [0.15, 0.2) is 53.7 Å². The number of morpholine rings is 1. The number of aliphatic imine (C=N–C) groups is 1. The Morgan fingerprint density at radius 1 is 1.18 bits per heavy atom. The minimum atomic E-state index is -0.883. The Hall–Kier alpha value is -1.95. The molecule has 1 fully saturated rings. The molecule has 0 spiro atoms. The maximum atomic E-state index is 10.8. The average molecular weight is 569 g/mol. The number of aliphatic hydroxyl groups is 1. The number of ether oxygens (including phenoxy) is 2. The molecule has 0 bridgehead atoms. The first-order valence-corrected chi connectivity index (χ1v) is 11.2. The van der Waals surface area contributed by atoms with Crippen LogP contribution in [0.1, 0.15) is 25.0 Å². The summed E-state index contributed by atoms with van der Waals surface area (Å²) < 4.78 is 11.3. The molecular weight excluding hydrogens is 533 g/mol. The van der Waals surface area contributed by atoms with Gasteiger partial charge in [0.25, 0.3) is 0 Å². The molecule has 9 heteroatoms. The third-order valence-corrected chi connectivity index (χ3v) is 5.12. The molecule has 0 radical (unpaired) electrons. The molecule has 1 aliphatic heterocycles. The quantitative estimate of drug-likeness (QED) is 0.230. The Morgan fingerprint density at radius 3 is 2.67 bits per heavy atom. The van der Waals surface area contributed by atoms with Gasteiger partial charge in [-0.2, -0.15) is 0 Å². The van der Waals surface area contributed by atoms with Gasteiger partial charge in [0.15, 0.2) is 5.96 Å². The van der Waals surface area contributed by atoms with E-state index in [1.165, 1.54) is 0 Å². The lowest BCUT2D eigenvalue weighted by molar-refractivity contribution is -0.0201. The average Bonchev–Trinajstić information content (AvgIpc) is 2.81. The lowest BCUT2D eigenvalue weighted by Gasteiger charge is -2.34. The van der Waals surface area contributed by atoms with Crippen molar-refractivity contribution >= 4 is 29.9 Å². The van der Waals surface area contributed by atoms with Crippen molar-refractivity contribution in [2.75, 3.05) is 45.9 Å². The number of nitrogens with one attached hydrogen (secondary N) is 2. The summed E-state index contributed by atoms with van der Waals surface area (Å²) in [5.41, 5.74) is 1.11. The molecule has 182 valence electrons. The van der Waals surface area contributed by atoms with Crippen LogP contribution in [0, 0.1) is 0 Å². The third-order valence-electron chi connectivity index (χ3n) is 5.12. The molecule has 0 aliphatic carbocycles. The number of halogens is 1. The summed E-state index contributed by atoms with van der Waals surface area (Å²) in [6.07, 6.45) is 1.72. The summed E-state index contributed by atoms with van der Waals surface area (Å²) in [5.74, 6) is 1.22. The fraction of sp³-hybridized carbons (Fsp3) is 0.500. The molecule has 1 aliphatic rings. The molecule has 1 atom stereocenters. The minimum Gasteiger partial charge on any atom is -0.473 e. The second-order valence-corrected chi connectivity index (χ2v) is 8.18. The van der Waals surface area contributed by atoms with Gasteiger partial charge >= 0.3 is 0 Å². The van der Waals surface area contributed by atoms with Crippen LogP contribution in [0.3, 0.4) is 0 Å². The van der Waals surface area contributed by atoms with Crippen molar-refractivity contribution in [3.8, 4) is 5.88 Å². The maximum Gasteiger partial charge on any atom is 0.218 e. The fourth-order valence-corrected chi connectivity index (χ4v) is 3.48. The summed E-state index contributed by atoms with van der Waals surface area (Å²) in [5, 5.41) is 17.3. The lowest BCUT2D eigenvalue weighted by Crippen LogP contribution is -2.52. The largest absolute Gasteiger partial charge is 0.473 e. The summed E-state index contributed by atoms with van der Waals surface area (Å²) >= 11 is 0. The van der Waals surface area contributed by atoms with E-state index < -0.39 is 5.60 Å². The van der Waals surface area contributed by atoms with Crippen molar-refractivity contribution in [1.82, 2.24) is 20.5 Å². The van der Waals surface area contributed by atoms with Crippen molar-refractivity contribution in [3.63, 3.8) is 0 Å². The van der Waals surface area contributed by atoms with E-state index in [1.54, 1.807) is 6.20 Å². The number of nitrogens with zero attached hydrogens (tertiary/aromatic N) is 3. The highest BCUT2D eigenvalue weighted by Crippen LogP contribution is 2.17. The smallest absolute Gasteiger partial charge is 0.218 e. The number of β-amino-alcohol motifs (C(OH)–C–C–N with tert-alkyl or cyclic N) is 1. The van der Waals surface area contributed by atoms with Crippen LogP contribution >= 0.6 is 24.0 Å². The molecule has 3 N–H and O–H groups in total. The lowest BCUT2D eigenvalue weighted by atomic mass is 10.1. The van der Waals surface area contributed by atoms with Crippen LogP contribution in [-0.4, -0.2) is 72.5 Å². The van der Waals surface area contributed by atoms with Crippen LogP contribution in [0.25, 0.3) is 0 Å². The second kappa shape index (κ2) is 14.3. The minimum absolute atomic E-state index is 0. The van der Waals surface area contributed by atoms with Crippen LogP contribution in [-0.2, 0) is 17.9 Å². The standard InChI is InChI=1S/C24H35N5O3.HI/c1-3-25-23(28-18-24(2,30)19-29-12-14-31-15-13-29)27-16-21-10-7-11-26-22(21)32-17-20-8-5-4-6-9-20;/h4-11,30H,3,12-19H2,1-2H3,(H2,25,27,28);1H. The molecule has 2 aromatic rings. The van der Waals surface area contributed by atoms with Gasteiger partial charge in [0.1, 0.15) is 6.61 Å². The van der Waals surface area contributed by atoms with Crippen LogP contribution in [0.4, 0.5) is 0 Å². The molecule has 3 rings (SSSR count). The van der Waals surface area contributed by atoms with E-state index in [4.69, 9.17) is 9.47 Å². The van der Waals surface area contributed by atoms with Crippen molar-refractivity contribution in [2.45, 2.75) is 32.6 Å². The van der Waals surface area contributed by atoms with Gasteiger partial charge in [0.2, 0.25) is 5.88 Å². The number of aromatic nitrogens is 1. The van der Waals surface area contributed by atoms with Crippen molar-refractivity contribution in [1.29, 1.82) is 0 Å². The zero-order valence-corrected chi connectivity index (χ0v) is 21.8. The Balaban J connectivity index is 0.00000385. The number of pyridine rings is 1. The van der Waals surface area contributed by atoms with Crippen LogP contribution in [0.5, 0.6) is 5.88 Å². The predicted molar refractivity (Wildman–Crippen MR) is 141 cm³/mol. The van der Waals surface area contributed by atoms with E-state index in [2.05, 4.69) is 25.5 Å². The van der Waals surface area contributed by atoms with Crippen LogP contribution < -0.4 is 15.4 Å². The number of rotatable bonds is 10. The number of hydrogen-bond donors (Lipinski definition) is 3. The van der Waals surface area contributed by atoms with E-state index in [1.807, 2.05) is 56.3 Å². The molecule has 2 heterocycles. The van der Waals surface area contributed by atoms with Gasteiger partial charge < -0.3 is 25.2 Å². The van der Waals surface area contributed by atoms with Crippen LogP contribution in [0.2, 0.25) is 0 Å². The van der Waals surface area contributed by atoms with Gasteiger partial charge in [-0.25, -0.2) is 9.98 Å². The van der Waals surface area contributed by atoms with Gasteiger partial charge in [-0.3, -0.25) is 4.90 Å². The van der Waals surface area contributed by atoms with Crippen molar-refractivity contribution in [3.05, 3.63) is 59.8 Å². The highest BCUT2D eigenvalue weighted by molar-refractivity contribution is 14.0. The number of hydrogen-bond acceptors (Lipinski definition) is 6. The molecule has 1 saturated heterocycles. The first-order valence-electron chi connectivity index (χ1n) is 11.2. The van der Waals surface area contributed by atoms with E-state index >= 15 is 0 Å². The Kier molecular flexibility index (Phi) is 11.9. The van der Waals surface area contributed by atoms with Gasteiger partial charge in [-0.05, 0) is 25.5 Å². The van der Waals surface area contributed by atoms with E-state index in [9.17, 15) is 5.11 Å². The molecular formula is C24H36IN5O3. The third kappa shape index (κ3) is 9.83. The van der Waals surface area contributed by atoms with Gasteiger partial charge in [-0.15, -0.1) is 24.0 Å². The first kappa shape index (κ1) is 27.3. The molecule has 33 heavy (non-hydrogen) atoms. The molecule has 0 amide bonds. The number of benzene rings is 1. The Labute approximate surface area is 213 Å². The molecule has 8 nitrogen and oxygen atoms in total. The Bertz CT molecular complexity index is 845. The van der Waals surface area contributed by atoms with Gasteiger partial charge in [0.05, 0.1) is 25.4 Å². The first-order chi connectivity index (χ1) is 15.6. The SMILES string of the molecule is CCNC(=NCc1cccnc1OCc1ccccc1)NCC(C)(O)CN1CCOCC1.I. The monoisotopic (exact) mass is 569 g/mol. The molecule has 1 aromatic carbocycles. The Morgan fingerprint density at radius 2 is 1.94 bits per heavy atom. The second-order valence-electron chi connectivity index (χ2n) is 8.18. The van der Waals surface area contributed by atoms with Crippen molar-refractivity contribution in [2.24, 2.45) is 4.99 Å². The summed E-state index contributed by atoms with van der Waals surface area (Å²) in [4.78, 5) is 11.3. The van der Waals surface area contributed by atoms with E-state index in [-0.39, 0.29) is 24.0 Å². The zero-order chi connectivity index (χ0) is 22.7. The van der Waals surface area contributed by atoms with Crippen molar-refractivity contribution < 1.29 is 14.6 Å². The van der Waals surface area contributed by atoms with Gasteiger partial charge in [-0.1, -0.05) is 36.4 Å². The summed E-state index contributed by atoms with van der Waals surface area (Å²) in [6, 6.07) is 13.9. The normalized spacial score (nSPS) is 16.4. The zero-order valence-electron chi connectivity index (χ0n) is 19.5. The van der Waals surface area contributed by atoms with E-state index in [0.717, 1.165) is 30.8 Å². The highest BCUT2D eigenvalue weighted by atomic mass is 127. The number of guanidine groups is 1. The van der Waals surface area contributed by atoms with E-state index in [0.29, 0.717) is 51.3 Å².